The highest BCUT2D eigenvalue weighted by atomic mass is 16.5. The number of rotatable bonds is 5. The van der Waals surface area contributed by atoms with Gasteiger partial charge >= 0.3 is 0 Å². The Morgan fingerprint density at radius 2 is 1.80 bits per heavy atom. The molecule has 2 aromatic rings. The molecule has 0 radical (unpaired) electrons. The van der Waals surface area contributed by atoms with Crippen LogP contribution in [0.4, 0.5) is 0 Å². The van der Waals surface area contributed by atoms with E-state index in [9.17, 15) is 4.79 Å². The molecule has 2 saturated heterocycles. The number of aromatic nitrogens is 2. The van der Waals surface area contributed by atoms with Crippen LogP contribution in [0.3, 0.4) is 0 Å². The summed E-state index contributed by atoms with van der Waals surface area (Å²) in [5.74, 6) is 1.02. The topological polar surface area (TPSA) is 50.6 Å². The van der Waals surface area contributed by atoms with E-state index in [-0.39, 0.29) is 5.91 Å². The summed E-state index contributed by atoms with van der Waals surface area (Å²) in [6.45, 7) is 6.11. The molecular weight excluding hydrogens is 376 g/mol. The second-order valence-electron chi connectivity index (χ2n) is 9.06. The number of carbonyl (C=O) groups is 1. The third-order valence-electron chi connectivity index (χ3n) is 7.01. The molecule has 3 heterocycles. The van der Waals surface area contributed by atoms with Crippen molar-refractivity contribution in [1.82, 2.24) is 19.6 Å². The molecule has 1 aromatic heterocycles. The third kappa shape index (κ3) is 3.97. The van der Waals surface area contributed by atoms with Gasteiger partial charge in [0.25, 0.3) is 5.91 Å². The number of likely N-dealkylation sites (tertiary alicyclic amines) is 2. The first kappa shape index (κ1) is 19.6. The lowest BCUT2D eigenvalue weighted by molar-refractivity contribution is 0.0493. The van der Waals surface area contributed by atoms with Crippen LogP contribution in [-0.4, -0.2) is 63.8 Å². The summed E-state index contributed by atoms with van der Waals surface area (Å²) in [6.07, 6.45) is 12.4. The van der Waals surface area contributed by atoms with Crippen LogP contribution < -0.4 is 4.74 Å². The molecule has 0 unspecified atom stereocenters. The molecule has 1 amide bonds. The summed E-state index contributed by atoms with van der Waals surface area (Å²) < 4.78 is 8.11. The van der Waals surface area contributed by atoms with Crippen LogP contribution >= 0.6 is 0 Å². The number of amides is 1. The van der Waals surface area contributed by atoms with Gasteiger partial charge in [-0.1, -0.05) is 6.42 Å². The molecular formula is C24H32N4O2. The number of carbonyl (C=O) groups excluding carboxylic acids is 1. The van der Waals surface area contributed by atoms with Crippen LogP contribution in [0.1, 0.15) is 60.9 Å². The Kier molecular flexibility index (Phi) is 5.50. The van der Waals surface area contributed by atoms with E-state index in [0.29, 0.717) is 11.7 Å². The quantitative estimate of drug-likeness (QED) is 0.755. The first-order valence-electron chi connectivity index (χ1n) is 11.5. The van der Waals surface area contributed by atoms with E-state index in [0.717, 1.165) is 74.9 Å². The Labute approximate surface area is 178 Å². The minimum atomic E-state index is 0.0876. The number of aryl methyl sites for hydroxylation is 1. The van der Waals surface area contributed by atoms with Gasteiger partial charge < -0.3 is 14.5 Å². The van der Waals surface area contributed by atoms with Crippen molar-refractivity contribution in [3.8, 4) is 11.4 Å². The average Bonchev–Trinajstić information content (AvgIpc) is 3.40. The molecule has 0 bridgehead atoms. The first-order valence-corrected chi connectivity index (χ1v) is 11.5. The standard InChI is InChI=1S/C24H32N4O2/c1-18-15-22(30-21-9-13-26(14-10-21)20-5-4-6-20)7-8-23(18)28-17-19(16-25-28)24(29)27-11-2-3-12-27/h7-8,15-17,20-21H,2-6,9-14H2,1H3. The number of benzene rings is 1. The monoisotopic (exact) mass is 408 g/mol. The van der Waals surface area contributed by atoms with Gasteiger partial charge in [0.15, 0.2) is 0 Å². The molecule has 0 N–H and O–H groups in total. The SMILES string of the molecule is Cc1cc(OC2CCN(C3CCC3)CC2)ccc1-n1cc(C(=O)N2CCCC2)cn1. The zero-order chi connectivity index (χ0) is 20.5. The molecule has 0 spiro atoms. The fourth-order valence-electron chi connectivity index (χ4n) is 4.93. The summed E-state index contributed by atoms with van der Waals surface area (Å²) in [6, 6.07) is 7.01. The summed E-state index contributed by atoms with van der Waals surface area (Å²) in [5.41, 5.74) is 2.75. The van der Waals surface area contributed by atoms with Gasteiger partial charge in [0, 0.05) is 38.4 Å². The lowest BCUT2D eigenvalue weighted by Crippen LogP contribution is -2.46. The normalized spacial score (nSPS) is 21.0. The minimum absolute atomic E-state index is 0.0876. The van der Waals surface area contributed by atoms with Crippen LogP contribution in [0.2, 0.25) is 0 Å². The number of hydrogen-bond acceptors (Lipinski definition) is 4. The second kappa shape index (κ2) is 8.42. The molecule has 3 fully saturated rings. The Balaban J connectivity index is 1.21. The van der Waals surface area contributed by atoms with Crippen LogP contribution in [-0.2, 0) is 0 Å². The molecule has 30 heavy (non-hydrogen) atoms. The highest BCUT2D eigenvalue weighted by molar-refractivity contribution is 5.94. The van der Waals surface area contributed by atoms with Crippen LogP contribution in [0.15, 0.2) is 30.6 Å². The van der Waals surface area contributed by atoms with E-state index in [1.807, 2.05) is 23.2 Å². The zero-order valence-electron chi connectivity index (χ0n) is 17.9. The van der Waals surface area contributed by atoms with Gasteiger partial charge in [-0.15, -0.1) is 0 Å². The van der Waals surface area contributed by atoms with Crippen molar-refractivity contribution in [1.29, 1.82) is 0 Å². The van der Waals surface area contributed by atoms with Gasteiger partial charge in [-0.05, 0) is 69.2 Å². The molecule has 6 heteroatoms. The van der Waals surface area contributed by atoms with E-state index >= 15 is 0 Å². The van der Waals surface area contributed by atoms with Crippen molar-refractivity contribution < 1.29 is 9.53 Å². The van der Waals surface area contributed by atoms with Gasteiger partial charge in [-0.2, -0.15) is 5.10 Å². The number of ether oxygens (including phenoxy) is 1. The van der Waals surface area contributed by atoms with E-state index in [2.05, 4.69) is 23.0 Å². The maximum Gasteiger partial charge on any atom is 0.257 e. The smallest absolute Gasteiger partial charge is 0.257 e. The maximum atomic E-state index is 12.6. The molecule has 2 aliphatic heterocycles. The Hall–Kier alpha value is -2.34. The molecule has 0 atom stereocenters. The zero-order valence-corrected chi connectivity index (χ0v) is 17.9. The average molecular weight is 409 g/mol. The molecule has 160 valence electrons. The predicted molar refractivity (Wildman–Crippen MR) is 116 cm³/mol. The fourth-order valence-corrected chi connectivity index (χ4v) is 4.93. The van der Waals surface area contributed by atoms with Crippen molar-refractivity contribution >= 4 is 5.91 Å². The Morgan fingerprint density at radius 3 is 2.47 bits per heavy atom. The van der Waals surface area contributed by atoms with E-state index in [1.54, 1.807) is 10.9 Å². The van der Waals surface area contributed by atoms with Crippen LogP contribution in [0.5, 0.6) is 5.75 Å². The van der Waals surface area contributed by atoms with Crippen molar-refractivity contribution in [2.75, 3.05) is 26.2 Å². The van der Waals surface area contributed by atoms with Gasteiger partial charge in [0.05, 0.1) is 17.4 Å². The molecule has 3 aliphatic rings. The van der Waals surface area contributed by atoms with E-state index in [4.69, 9.17) is 4.74 Å². The van der Waals surface area contributed by atoms with Crippen LogP contribution in [0, 0.1) is 6.92 Å². The summed E-state index contributed by atoms with van der Waals surface area (Å²) in [5, 5.41) is 4.45. The summed E-state index contributed by atoms with van der Waals surface area (Å²) in [7, 11) is 0. The minimum Gasteiger partial charge on any atom is -0.490 e. The molecule has 6 nitrogen and oxygen atoms in total. The Bertz CT molecular complexity index is 890. The van der Waals surface area contributed by atoms with Gasteiger partial charge in [-0.3, -0.25) is 4.79 Å². The number of piperidine rings is 1. The third-order valence-corrected chi connectivity index (χ3v) is 7.01. The number of hydrogen-bond donors (Lipinski definition) is 0. The highest BCUT2D eigenvalue weighted by Crippen LogP contribution is 2.29. The predicted octanol–water partition coefficient (Wildman–Crippen LogP) is 3.81. The lowest BCUT2D eigenvalue weighted by Gasteiger charge is -2.41. The largest absolute Gasteiger partial charge is 0.490 e. The summed E-state index contributed by atoms with van der Waals surface area (Å²) in [4.78, 5) is 17.2. The van der Waals surface area contributed by atoms with Gasteiger partial charge in [-0.25, -0.2) is 4.68 Å². The molecule has 1 saturated carbocycles. The van der Waals surface area contributed by atoms with Crippen molar-refractivity contribution in [3.63, 3.8) is 0 Å². The van der Waals surface area contributed by atoms with Crippen molar-refractivity contribution in [2.24, 2.45) is 0 Å². The summed E-state index contributed by atoms with van der Waals surface area (Å²) >= 11 is 0. The van der Waals surface area contributed by atoms with Gasteiger partial charge in [0.1, 0.15) is 11.9 Å². The van der Waals surface area contributed by atoms with Crippen molar-refractivity contribution in [3.05, 3.63) is 41.7 Å². The van der Waals surface area contributed by atoms with E-state index < -0.39 is 0 Å². The Morgan fingerprint density at radius 1 is 1.03 bits per heavy atom. The van der Waals surface area contributed by atoms with Gasteiger partial charge in [0.2, 0.25) is 0 Å². The lowest BCUT2D eigenvalue weighted by atomic mass is 9.90. The van der Waals surface area contributed by atoms with Crippen molar-refractivity contribution in [2.45, 2.75) is 64.0 Å². The number of nitrogens with zero attached hydrogens (tertiary/aromatic N) is 4. The maximum absolute atomic E-state index is 12.6. The molecule has 1 aliphatic carbocycles. The van der Waals surface area contributed by atoms with Crippen LogP contribution in [0.25, 0.3) is 5.69 Å². The fraction of sp³-hybridized carbons (Fsp3) is 0.583. The van der Waals surface area contributed by atoms with E-state index in [1.165, 1.54) is 19.3 Å². The second-order valence-corrected chi connectivity index (χ2v) is 9.06. The molecule has 5 rings (SSSR count). The first-order chi connectivity index (χ1) is 14.7. The molecule has 1 aromatic carbocycles. The highest BCUT2D eigenvalue weighted by Gasteiger charge is 2.29.